The molecule has 0 aliphatic heterocycles. The van der Waals surface area contributed by atoms with Crippen molar-refractivity contribution in [3.63, 3.8) is 0 Å². The average Bonchev–Trinajstić information content (AvgIpc) is 2.94. The Balaban J connectivity index is 0.00000364. The summed E-state index contributed by atoms with van der Waals surface area (Å²) >= 11 is 0. The molecule has 0 aliphatic carbocycles. The summed E-state index contributed by atoms with van der Waals surface area (Å²) in [5.74, 6) is 2.52. The number of guanidine groups is 1. The molecule has 148 valence electrons. The fourth-order valence-corrected chi connectivity index (χ4v) is 2.49. The Morgan fingerprint density at radius 1 is 1.30 bits per heavy atom. The first-order valence-electron chi connectivity index (χ1n) is 8.64. The molecular weight excluding hydrogens is 453 g/mol. The maximum atomic E-state index is 4.71. The van der Waals surface area contributed by atoms with Gasteiger partial charge in [0.25, 0.3) is 0 Å². The molecule has 0 radical (unpaired) electrons. The highest BCUT2D eigenvalue weighted by atomic mass is 127. The number of aryl methyl sites for hydroxylation is 1. The zero-order valence-corrected chi connectivity index (χ0v) is 19.1. The molecule has 2 aromatic rings. The van der Waals surface area contributed by atoms with Crippen LogP contribution in [0.4, 0.5) is 5.69 Å². The largest absolute Gasteiger partial charge is 0.378 e. The zero-order chi connectivity index (χ0) is 19.1. The number of hydrogen-bond acceptors (Lipinski definition) is 4. The fraction of sp³-hybridized carbons (Fsp3) is 0.421. The molecule has 7 nitrogen and oxygen atoms in total. The van der Waals surface area contributed by atoms with Gasteiger partial charge in [-0.2, -0.15) is 0 Å². The summed E-state index contributed by atoms with van der Waals surface area (Å²) in [7, 11) is 8.07. The number of aromatic nitrogens is 3. The molecule has 1 heterocycles. The summed E-state index contributed by atoms with van der Waals surface area (Å²) in [5.41, 5.74) is 2.41. The van der Waals surface area contributed by atoms with Gasteiger partial charge in [-0.15, -0.1) is 40.8 Å². The van der Waals surface area contributed by atoms with E-state index in [2.05, 4.69) is 56.2 Å². The molecule has 8 heteroatoms. The van der Waals surface area contributed by atoms with E-state index in [0.29, 0.717) is 13.1 Å². The number of halogens is 1. The standard InChI is InChI=1S/C19H29N7.HI/c1-7-11-20-19(21-13-18-23-22-15(2)26(18)6)25(5)14-16-9-8-10-17(12-16)24(3)4;/h7-10,12H,1,11,13-14H2,2-6H3,(H,20,21);1H. The summed E-state index contributed by atoms with van der Waals surface area (Å²) in [5, 5.41) is 11.6. The summed E-state index contributed by atoms with van der Waals surface area (Å²) < 4.78 is 1.95. The van der Waals surface area contributed by atoms with Crippen LogP contribution in [-0.2, 0) is 20.1 Å². The summed E-state index contributed by atoms with van der Waals surface area (Å²) in [4.78, 5) is 8.91. The van der Waals surface area contributed by atoms with Gasteiger partial charge >= 0.3 is 0 Å². The number of nitrogens with zero attached hydrogens (tertiary/aromatic N) is 6. The molecule has 27 heavy (non-hydrogen) atoms. The van der Waals surface area contributed by atoms with Gasteiger partial charge in [-0.1, -0.05) is 18.2 Å². The van der Waals surface area contributed by atoms with Crippen LogP contribution in [0.3, 0.4) is 0 Å². The minimum absolute atomic E-state index is 0. The van der Waals surface area contributed by atoms with E-state index in [0.717, 1.165) is 24.2 Å². The number of rotatable bonds is 7. The van der Waals surface area contributed by atoms with Crippen molar-refractivity contribution in [1.29, 1.82) is 0 Å². The lowest BCUT2D eigenvalue weighted by Crippen LogP contribution is -2.38. The molecule has 0 unspecified atom stereocenters. The Hall–Kier alpha value is -2.10. The highest BCUT2D eigenvalue weighted by Crippen LogP contribution is 2.14. The summed E-state index contributed by atoms with van der Waals surface area (Å²) in [6.07, 6.45) is 1.82. The van der Waals surface area contributed by atoms with E-state index in [1.807, 2.05) is 45.8 Å². The predicted octanol–water partition coefficient (Wildman–Crippen LogP) is 2.57. The van der Waals surface area contributed by atoms with Crippen molar-refractivity contribution >= 4 is 35.6 Å². The van der Waals surface area contributed by atoms with Gasteiger partial charge in [-0.05, 0) is 24.6 Å². The normalized spacial score (nSPS) is 10.9. The van der Waals surface area contributed by atoms with E-state index >= 15 is 0 Å². The first kappa shape index (κ1) is 22.9. The maximum Gasteiger partial charge on any atom is 0.194 e. The van der Waals surface area contributed by atoms with Crippen LogP contribution in [0.2, 0.25) is 0 Å². The van der Waals surface area contributed by atoms with Crippen LogP contribution in [0.5, 0.6) is 0 Å². The molecule has 2 rings (SSSR count). The lowest BCUT2D eigenvalue weighted by Gasteiger charge is -2.23. The molecule has 0 amide bonds. The Bertz CT molecular complexity index is 767. The van der Waals surface area contributed by atoms with Crippen molar-refractivity contribution in [2.75, 3.05) is 32.6 Å². The SMILES string of the molecule is C=CCNC(=NCc1nnc(C)n1C)N(C)Cc1cccc(N(C)C)c1.I. The Kier molecular flexibility index (Phi) is 9.27. The van der Waals surface area contributed by atoms with Crippen LogP contribution >= 0.6 is 24.0 Å². The Labute approximate surface area is 179 Å². The van der Waals surface area contributed by atoms with Gasteiger partial charge in [0.2, 0.25) is 0 Å². The quantitative estimate of drug-likeness (QED) is 0.284. The third-order valence-corrected chi connectivity index (χ3v) is 4.17. The number of benzene rings is 1. The van der Waals surface area contributed by atoms with Crippen LogP contribution in [0, 0.1) is 6.92 Å². The first-order chi connectivity index (χ1) is 12.4. The first-order valence-corrected chi connectivity index (χ1v) is 8.64. The van der Waals surface area contributed by atoms with Gasteiger partial charge in [0.15, 0.2) is 11.8 Å². The molecule has 0 aliphatic rings. The summed E-state index contributed by atoms with van der Waals surface area (Å²) in [6.45, 7) is 7.58. The molecular formula is C19H30IN7. The summed E-state index contributed by atoms with van der Waals surface area (Å²) in [6, 6.07) is 8.49. The highest BCUT2D eigenvalue weighted by Gasteiger charge is 2.09. The van der Waals surface area contributed by atoms with Crippen LogP contribution in [0.15, 0.2) is 41.9 Å². The smallest absolute Gasteiger partial charge is 0.194 e. The number of nitrogens with one attached hydrogen (secondary N) is 1. The minimum atomic E-state index is 0. The van der Waals surface area contributed by atoms with Gasteiger partial charge in [0, 0.05) is 47.0 Å². The second kappa shape index (κ2) is 10.9. The number of aliphatic imine (C=N–C) groups is 1. The van der Waals surface area contributed by atoms with Gasteiger partial charge < -0.3 is 19.7 Å². The lowest BCUT2D eigenvalue weighted by molar-refractivity contribution is 0.477. The van der Waals surface area contributed by atoms with Crippen molar-refractivity contribution in [1.82, 2.24) is 25.0 Å². The van der Waals surface area contributed by atoms with Crippen molar-refractivity contribution in [2.24, 2.45) is 12.0 Å². The van der Waals surface area contributed by atoms with Gasteiger partial charge in [0.1, 0.15) is 12.4 Å². The van der Waals surface area contributed by atoms with Gasteiger partial charge in [-0.25, -0.2) is 4.99 Å². The van der Waals surface area contributed by atoms with Crippen molar-refractivity contribution in [3.8, 4) is 0 Å². The topological polar surface area (TPSA) is 61.6 Å². The maximum absolute atomic E-state index is 4.71. The van der Waals surface area contributed by atoms with E-state index in [-0.39, 0.29) is 24.0 Å². The molecule has 0 saturated heterocycles. The highest BCUT2D eigenvalue weighted by molar-refractivity contribution is 14.0. The van der Waals surface area contributed by atoms with E-state index < -0.39 is 0 Å². The Morgan fingerprint density at radius 3 is 2.63 bits per heavy atom. The fourth-order valence-electron chi connectivity index (χ4n) is 2.49. The van der Waals surface area contributed by atoms with Crippen LogP contribution < -0.4 is 10.2 Å². The molecule has 0 saturated carbocycles. The van der Waals surface area contributed by atoms with Crippen molar-refractivity contribution in [2.45, 2.75) is 20.0 Å². The van der Waals surface area contributed by atoms with E-state index in [1.54, 1.807) is 0 Å². The second-order valence-corrected chi connectivity index (χ2v) is 6.45. The van der Waals surface area contributed by atoms with Gasteiger partial charge in [0.05, 0.1) is 0 Å². The van der Waals surface area contributed by atoms with E-state index in [9.17, 15) is 0 Å². The Morgan fingerprint density at radius 2 is 2.04 bits per heavy atom. The van der Waals surface area contributed by atoms with Crippen LogP contribution in [0.1, 0.15) is 17.2 Å². The van der Waals surface area contributed by atoms with Gasteiger partial charge in [-0.3, -0.25) is 0 Å². The van der Waals surface area contributed by atoms with E-state index in [1.165, 1.54) is 11.3 Å². The van der Waals surface area contributed by atoms with Crippen molar-refractivity contribution < 1.29 is 0 Å². The average molecular weight is 483 g/mol. The van der Waals surface area contributed by atoms with Crippen LogP contribution in [-0.4, -0.2) is 53.3 Å². The molecule has 0 bridgehead atoms. The van der Waals surface area contributed by atoms with Crippen LogP contribution in [0.25, 0.3) is 0 Å². The monoisotopic (exact) mass is 483 g/mol. The molecule has 1 N–H and O–H groups in total. The molecule has 0 atom stereocenters. The number of hydrogen-bond donors (Lipinski definition) is 1. The van der Waals surface area contributed by atoms with Crippen molar-refractivity contribution in [3.05, 3.63) is 54.1 Å². The molecule has 1 aromatic heterocycles. The lowest BCUT2D eigenvalue weighted by atomic mass is 10.2. The number of anilines is 1. The molecule has 0 fully saturated rings. The molecule has 0 spiro atoms. The molecule has 1 aromatic carbocycles. The third kappa shape index (κ3) is 6.53. The minimum Gasteiger partial charge on any atom is -0.378 e. The third-order valence-electron chi connectivity index (χ3n) is 4.17. The van der Waals surface area contributed by atoms with E-state index in [4.69, 9.17) is 4.99 Å². The predicted molar refractivity (Wildman–Crippen MR) is 123 cm³/mol. The zero-order valence-electron chi connectivity index (χ0n) is 16.8. The second-order valence-electron chi connectivity index (χ2n) is 6.45.